The second-order valence-electron chi connectivity index (χ2n) is 6.62. The second-order valence-corrected chi connectivity index (χ2v) is 6.62. The number of hydrogen-bond acceptors (Lipinski definition) is 6. The molecule has 1 atom stereocenters. The highest BCUT2D eigenvalue weighted by Gasteiger charge is 2.28. The van der Waals surface area contributed by atoms with Gasteiger partial charge in [-0.15, -0.1) is 0 Å². The molecule has 26 heavy (non-hydrogen) atoms. The van der Waals surface area contributed by atoms with Gasteiger partial charge in [0.05, 0.1) is 13.2 Å². The normalized spacial score (nSPS) is 12.3. The number of alkyl carbamates (subject to hydrolysis) is 1. The van der Waals surface area contributed by atoms with Crippen molar-refractivity contribution in [3.8, 4) is 5.75 Å². The molecule has 140 valence electrons. The fraction of sp³-hybridized carbons (Fsp3) is 0.389. The zero-order valence-corrected chi connectivity index (χ0v) is 15.1. The number of carboxylic acids is 1. The quantitative estimate of drug-likeness (QED) is 0.812. The summed E-state index contributed by atoms with van der Waals surface area (Å²) in [5, 5.41) is 11.9. The smallest absolute Gasteiger partial charge is 0.408 e. The molecule has 0 aliphatic rings. The molecule has 8 nitrogen and oxygen atoms in total. The maximum atomic E-state index is 12.2. The molecule has 0 radical (unpaired) electrons. The molecule has 1 heterocycles. The predicted molar refractivity (Wildman–Crippen MR) is 92.3 cm³/mol. The average molecular weight is 362 g/mol. The SMILES string of the molecule is COc1ccc(C[C@H](NC(=O)OC(C)(C)C)c2ocnc2C(=O)O)cc1. The van der Waals surface area contributed by atoms with Crippen LogP contribution in [-0.2, 0) is 11.2 Å². The Balaban J connectivity index is 2.26. The highest BCUT2D eigenvalue weighted by atomic mass is 16.6. The molecular formula is C18H22N2O6. The number of carbonyl (C=O) groups excluding carboxylic acids is 1. The van der Waals surface area contributed by atoms with Gasteiger partial charge in [0, 0.05) is 6.42 Å². The Labute approximate surface area is 151 Å². The van der Waals surface area contributed by atoms with Crippen molar-refractivity contribution in [2.75, 3.05) is 7.11 Å². The molecule has 2 N–H and O–H groups in total. The lowest BCUT2D eigenvalue weighted by atomic mass is 10.0. The first-order chi connectivity index (χ1) is 12.2. The van der Waals surface area contributed by atoms with Gasteiger partial charge in [-0.05, 0) is 38.5 Å². The number of aromatic carboxylic acids is 1. The lowest BCUT2D eigenvalue weighted by molar-refractivity contribution is 0.0493. The third-order valence-electron chi connectivity index (χ3n) is 3.40. The highest BCUT2D eigenvalue weighted by Crippen LogP contribution is 2.24. The molecule has 2 rings (SSSR count). The van der Waals surface area contributed by atoms with E-state index in [-0.39, 0.29) is 11.5 Å². The van der Waals surface area contributed by atoms with Crippen molar-refractivity contribution in [1.29, 1.82) is 0 Å². The van der Waals surface area contributed by atoms with Crippen LogP contribution in [0.5, 0.6) is 5.75 Å². The number of methoxy groups -OCH3 is 1. The molecule has 1 aromatic carbocycles. The van der Waals surface area contributed by atoms with Gasteiger partial charge in [0.15, 0.2) is 17.8 Å². The van der Waals surface area contributed by atoms with Gasteiger partial charge in [0.25, 0.3) is 0 Å². The fourth-order valence-corrected chi connectivity index (χ4v) is 2.32. The molecule has 0 unspecified atom stereocenters. The minimum Gasteiger partial charge on any atom is -0.497 e. The Bertz CT molecular complexity index is 761. The number of ether oxygens (including phenoxy) is 2. The van der Waals surface area contributed by atoms with Gasteiger partial charge in [-0.2, -0.15) is 0 Å². The fourth-order valence-electron chi connectivity index (χ4n) is 2.32. The summed E-state index contributed by atoms with van der Waals surface area (Å²) in [5.74, 6) is -0.491. The number of rotatable bonds is 6. The first-order valence-electron chi connectivity index (χ1n) is 7.98. The van der Waals surface area contributed by atoms with E-state index < -0.39 is 23.7 Å². The zero-order valence-electron chi connectivity index (χ0n) is 15.1. The van der Waals surface area contributed by atoms with E-state index in [0.29, 0.717) is 12.2 Å². The van der Waals surface area contributed by atoms with E-state index in [4.69, 9.17) is 13.9 Å². The van der Waals surface area contributed by atoms with Crippen molar-refractivity contribution in [3.05, 3.63) is 47.7 Å². The maximum absolute atomic E-state index is 12.2. The van der Waals surface area contributed by atoms with Crippen molar-refractivity contribution in [2.45, 2.75) is 38.8 Å². The summed E-state index contributed by atoms with van der Waals surface area (Å²) in [7, 11) is 1.57. The third kappa shape index (κ3) is 5.23. The monoisotopic (exact) mass is 362 g/mol. The van der Waals surface area contributed by atoms with Crippen molar-refractivity contribution in [3.63, 3.8) is 0 Å². The third-order valence-corrected chi connectivity index (χ3v) is 3.40. The summed E-state index contributed by atoms with van der Waals surface area (Å²) in [4.78, 5) is 27.2. The summed E-state index contributed by atoms with van der Waals surface area (Å²) in [5.41, 5.74) is -0.0923. The molecule has 0 aliphatic heterocycles. The van der Waals surface area contributed by atoms with Gasteiger partial charge in [0.2, 0.25) is 0 Å². The van der Waals surface area contributed by atoms with Crippen LogP contribution in [0, 0.1) is 0 Å². The predicted octanol–water partition coefficient (Wildman–Crippen LogP) is 3.19. The number of nitrogens with zero attached hydrogens (tertiary/aromatic N) is 1. The topological polar surface area (TPSA) is 111 Å². The van der Waals surface area contributed by atoms with E-state index in [2.05, 4.69) is 10.3 Å². The Morgan fingerprint density at radius 1 is 1.27 bits per heavy atom. The molecule has 0 fully saturated rings. The molecule has 2 aromatic rings. The first kappa shape index (κ1) is 19.3. The number of oxazole rings is 1. The van der Waals surface area contributed by atoms with Crippen LogP contribution in [-0.4, -0.2) is 34.9 Å². The Kier molecular flexibility index (Phi) is 5.86. The van der Waals surface area contributed by atoms with Crippen molar-refractivity contribution in [1.82, 2.24) is 10.3 Å². The van der Waals surface area contributed by atoms with Gasteiger partial charge >= 0.3 is 12.1 Å². The summed E-state index contributed by atoms with van der Waals surface area (Å²) >= 11 is 0. The Morgan fingerprint density at radius 2 is 1.92 bits per heavy atom. The summed E-state index contributed by atoms with van der Waals surface area (Å²) in [6.07, 6.45) is 0.652. The van der Waals surface area contributed by atoms with Crippen LogP contribution in [0.2, 0.25) is 0 Å². The molecule has 0 bridgehead atoms. The molecule has 8 heteroatoms. The minimum absolute atomic E-state index is 0.0548. The van der Waals surface area contributed by atoms with E-state index in [0.717, 1.165) is 12.0 Å². The number of benzene rings is 1. The lowest BCUT2D eigenvalue weighted by Crippen LogP contribution is -2.36. The van der Waals surface area contributed by atoms with Gasteiger partial charge in [-0.1, -0.05) is 12.1 Å². The van der Waals surface area contributed by atoms with E-state index in [1.165, 1.54) is 0 Å². The van der Waals surface area contributed by atoms with Crippen LogP contribution in [0.25, 0.3) is 0 Å². The summed E-state index contributed by atoms with van der Waals surface area (Å²) in [6, 6.07) is 6.43. The standard InChI is InChI=1S/C18H22N2O6/c1-18(2,3)26-17(23)20-13(15-14(16(21)22)19-10-25-15)9-11-5-7-12(24-4)8-6-11/h5-8,10,13H,9H2,1-4H3,(H,20,23)(H,21,22)/t13-/m0/s1. The number of carbonyl (C=O) groups is 2. The van der Waals surface area contributed by atoms with Gasteiger partial charge in [-0.25, -0.2) is 14.6 Å². The molecule has 0 saturated heterocycles. The van der Waals surface area contributed by atoms with Crippen LogP contribution < -0.4 is 10.1 Å². The van der Waals surface area contributed by atoms with Crippen molar-refractivity contribution < 1.29 is 28.6 Å². The summed E-state index contributed by atoms with van der Waals surface area (Å²) < 4.78 is 15.6. The zero-order chi connectivity index (χ0) is 19.3. The van der Waals surface area contributed by atoms with Gasteiger partial charge in [0.1, 0.15) is 11.4 Å². The van der Waals surface area contributed by atoms with E-state index >= 15 is 0 Å². The van der Waals surface area contributed by atoms with E-state index in [1.54, 1.807) is 40.0 Å². The molecule has 0 spiro atoms. The summed E-state index contributed by atoms with van der Waals surface area (Å²) in [6.45, 7) is 5.21. The molecule has 1 aromatic heterocycles. The number of amides is 1. The Morgan fingerprint density at radius 3 is 2.46 bits per heavy atom. The highest BCUT2D eigenvalue weighted by molar-refractivity contribution is 5.86. The largest absolute Gasteiger partial charge is 0.497 e. The lowest BCUT2D eigenvalue weighted by Gasteiger charge is -2.23. The molecular weight excluding hydrogens is 340 g/mol. The number of nitrogens with one attached hydrogen (secondary N) is 1. The molecule has 1 amide bonds. The number of aromatic nitrogens is 1. The number of hydrogen-bond donors (Lipinski definition) is 2. The minimum atomic E-state index is -1.24. The van der Waals surface area contributed by atoms with Crippen LogP contribution in [0.4, 0.5) is 4.79 Å². The average Bonchev–Trinajstić information content (AvgIpc) is 3.03. The molecule has 0 saturated carbocycles. The van der Waals surface area contributed by atoms with E-state index in [9.17, 15) is 14.7 Å². The maximum Gasteiger partial charge on any atom is 0.408 e. The van der Waals surface area contributed by atoms with Crippen LogP contribution >= 0.6 is 0 Å². The first-order valence-corrected chi connectivity index (χ1v) is 7.98. The van der Waals surface area contributed by atoms with Crippen LogP contribution in [0.15, 0.2) is 35.1 Å². The van der Waals surface area contributed by atoms with Gasteiger partial charge in [-0.3, -0.25) is 0 Å². The number of carboxylic acid groups (broad SMARTS) is 1. The van der Waals surface area contributed by atoms with Crippen LogP contribution in [0.3, 0.4) is 0 Å². The second kappa shape index (κ2) is 7.90. The van der Waals surface area contributed by atoms with Crippen molar-refractivity contribution >= 4 is 12.1 Å². The van der Waals surface area contributed by atoms with Crippen molar-refractivity contribution in [2.24, 2.45) is 0 Å². The van der Waals surface area contributed by atoms with Gasteiger partial charge < -0.3 is 24.3 Å². The van der Waals surface area contributed by atoms with E-state index in [1.807, 2.05) is 12.1 Å². The molecule has 0 aliphatic carbocycles. The van der Waals surface area contributed by atoms with Crippen LogP contribution in [0.1, 0.15) is 48.6 Å². The Hall–Kier alpha value is -3.03.